The first-order chi connectivity index (χ1) is 10.6. The number of carbonyl (C=O) groups is 2. The van der Waals surface area contributed by atoms with Crippen LogP contribution in [0.3, 0.4) is 0 Å². The van der Waals surface area contributed by atoms with Gasteiger partial charge in [0.05, 0.1) is 5.69 Å². The van der Waals surface area contributed by atoms with Crippen molar-refractivity contribution in [2.75, 3.05) is 18.6 Å². The molecule has 1 N–H and O–H groups in total. The summed E-state index contributed by atoms with van der Waals surface area (Å²) in [5.41, 5.74) is 1.23. The first-order valence-electron chi connectivity index (χ1n) is 7.99. The van der Waals surface area contributed by atoms with Gasteiger partial charge in [-0.1, -0.05) is 25.7 Å². The average molecular weight is 302 g/mol. The van der Waals surface area contributed by atoms with Crippen LogP contribution in [0, 0.1) is 0 Å². The van der Waals surface area contributed by atoms with Crippen molar-refractivity contribution in [3.8, 4) is 5.75 Å². The number of fused-ring (bicyclic) bond motifs is 1. The fourth-order valence-electron chi connectivity index (χ4n) is 3.11. The molecule has 1 saturated carbocycles. The molecule has 0 saturated heterocycles. The van der Waals surface area contributed by atoms with Gasteiger partial charge in [0.25, 0.3) is 11.8 Å². The lowest BCUT2D eigenvalue weighted by atomic mass is 10.1. The molecule has 2 aliphatic rings. The molecule has 118 valence electrons. The Morgan fingerprint density at radius 1 is 1.23 bits per heavy atom. The highest BCUT2D eigenvalue weighted by Crippen LogP contribution is 2.32. The van der Waals surface area contributed by atoms with E-state index >= 15 is 0 Å². The second-order valence-corrected chi connectivity index (χ2v) is 6.09. The number of hydrogen-bond acceptors (Lipinski definition) is 3. The van der Waals surface area contributed by atoms with Crippen LogP contribution in [0.4, 0.5) is 5.69 Å². The average Bonchev–Trinajstić information content (AvgIpc) is 2.79. The second kappa shape index (κ2) is 6.38. The maximum absolute atomic E-state index is 12.4. The van der Waals surface area contributed by atoms with E-state index < -0.39 is 0 Å². The highest BCUT2D eigenvalue weighted by molar-refractivity contribution is 6.01. The third-order valence-corrected chi connectivity index (χ3v) is 4.50. The first-order valence-corrected chi connectivity index (χ1v) is 7.99. The van der Waals surface area contributed by atoms with E-state index in [0.717, 1.165) is 12.8 Å². The van der Waals surface area contributed by atoms with Gasteiger partial charge in [0.1, 0.15) is 5.75 Å². The molecule has 1 aliphatic heterocycles. The molecule has 3 rings (SSSR count). The molecular weight excluding hydrogens is 280 g/mol. The SMILES string of the molecule is CN1C(=O)COc2ccc(C(=O)NC3CCCCCC3)cc21. The van der Waals surface area contributed by atoms with E-state index in [-0.39, 0.29) is 24.5 Å². The number of rotatable bonds is 2. The van der Waals surface area contributed by atoms with Gasteiger partial charge < -0.3 is 15.0 Å². The van der Waals surface area contributed by atoms with Gasteiger partial charge in [0, 0.05) is 18.7 Å². The standard InChI is InChI=1S/C17H22N2O3/c1-19-14-10-12(8-9-15(14)22-11-16(19)20)17(21)18-13-6-4-2-3-5-7-13/h8-10,13H,2-7,11H2,1H3,(H,18,21). The number of hydrogen-bond donors (Lipinski definition) is 1. The number of nitrogens with zero attached hydrogens (tertiary/aromatic N) is 1. The third kappa shape index (κ3) is 3.08. The number of carbonyl (C=O) groups excluding carboxylic acids is 2. The molecule has 1 aromatic rings. The summed E-state index contributed by atoms with van der Waals surface area (Å²) in [7, 11) is 1.71. The summed E-state index contributed by atoms with van der Waals surface area (Å²) in [5.74, 6) is 0.475. The van der Waals surface area contributed by atoms with Crippen LogP contribution in [-0.4, -0.2) is 31.5 Å². The second-order valence-electron chi connectivity index (χ2n) is 6.09. The van der Waals surface area contributed by atoms with Crippen molar-refractivity contribution in [2.24, 2.45) is 0 Å². The van der Waals surface area contributed by atoms with Crippen LogP contribution in [0.1, 0.15) is 48.9 Å². The lowest BCUT2D eigenvalue weighted by Gasteiger charge is -2.26. The van der Waals surface area contributed by atoms with Crippen LogP contribution in [0.5, 0.6) is 5.75 Å². The van der Waals surface area contributed by atoms with Crippen LogP contribution in [0.2, 0.25) is 0 Å². The Morgan fingerprint density at radius 3 is 2.68 bits per heavy atom. The van der Waals surface area contributed by atoms with Crippen LogP contribution in [0.15, 0.2) is 18.2 Å². The van der Waals surface area contributed by atoms with E-state index in [4.69, 9.17) is 4.74 Å². The van der Waals surface area contributed by atoms with Crippen LogP contribution >= 0.6 is 0 Å². The molecule has 1 aromatic carbocycles. The summed E-state index contributed by atoms with van der Waals surface area (Å²) >= 11 is 0. The van der Waals surface area contributed by atoms with Gasteiger partial charge >= 0.3 is 0 Å². The Balaban J connectivity index is 1.74. The van der Waals surface area contributed by atoms with Crippen LogP contribution < -0.4 is 15.0 Å². The normalized spacial score (nSPS) is 19.1. The Hall–Kier alpha value is -2.04. The van der Waals surface area contributed by atoms with Crippen molar-refractivity contribution >= 4 is 17.5 Å². The van der Waals surface area contributed by atoms with E-state index in [1.54, 1.807) is 30.1 Å². The molecule has 0 aromatic heterocycles. The zero-order chi connectivity index (χ0) is 15.5. The molecule has 0 unspecified atom stereocenters. The Bertz CT molecular complexity index is 577. The molecule has 1 heterocycles. The van der Waals surface area contributed by atoms with Crippen molar-refractivity contribution in [2.45, 2.75) is 44.6 Å². The number of likely N-dealkylation sites (N-methyl/N-ethyl adjacent to an activating group) is 1. The molecule has 1 aliphatic carbocycles. The molecule has 0 spiro atoms. The molecule has 2 amide bonds. The van der Waals surface area contributed by atoms with E-state index in [9.17, 15) is 9.59 Å². The molecule has 5 nitrogen and oxygen atoms in total. The first kappa shape index (κ1) is 14.9. The van der Waals surface area contributed by atoms with Crippen molar-refractivity contribution in [3.63, 3.8) is 0 Å². The summed E-state index contributed by atoms with van der Waals surface area (Å²) in [6, 6.07) is 5.52. The maximum Gasteiger partial charge on any atom is 0.264 e. The van der Waals surface area contributed by atoms with Gasteiger partial charge in [-0.25, -0.2) is 0 Å². The predicted octanol–water partition coefficient (Wildman–Crippen LogP) is 2.49. The zero-order valence-corrected chi connectivity index (χ0v) is 12.9. The van der Waals surface area contributed by atoms with E-state index in [1.165, 1.54) is 25.7 Å². The number of ether oxygens (including phenoxy) is 1. The van der Waals surface area contributed by atoms with Crippen molar-refractivity contribution in [3.05, 3.63) is 23.8 Å². The molecule has 0 atom stereocenters. The number of benzene rings is 1. The number of anilines is 1. The minimum Gasteiger partial charge on any atom is -0.482 e. The molecule has 5 heteroatoms. The lowest BCUT2D eigenvalue weighted by Crippen LogP contribution is -2.37. The molecule has 0 radical (unpaired) electrons. The van der Waals surface area contributed by atoms with E-state index in [1.807, 2.05) is 0 Å². The minimum atomic E-state index is -0.103. The quantitative estimate of drug-likeness (QED) is 0.854. The lowest BCUT2D eigenvalue weighted by molar-refractivity contribution is -0.120. The highest BCUT2D eigenvalue weighted by atomic mass is 16.5. The maximum atomic E-state index is 12.4. The van der Waals surface area contributed by atoms with Crippen LogP contribution in [-0.2, 0) is 4.79 Å². The molecule has 22 heavy (non-hydrogen) atoms. The summed E-state index contributed by atoms with van der Waals surface area (Å²) in [5, 5.41) is 3.12. The van der Waals surface area contributed by atoms with Crippen LogP contribution in [0.25, 0.3) is 0 Å². The van der Waals surface area contributed by atoms with Gasteiger partial charge in [0.15, 0.2) is 6.61 Å². The Kier molecular flexibility index (Phi) is 4.32. The minimum absolute atomic E-state index is 0.0527. The zero-order valence-electron chi connectivity index (χ0n) is 12.9. The van der Waals surface area contributed by atoms with Gasteiger partial charge in [-0.3, -0.25) is 9.59 Å². The highest BCUT2D eigenvalue weighted by Gasteiger charge is 2.24. The Morgan fingerprint density at radius 2 is 1.95 bits per heavy atom. The summed E-state index contributed by atoms with van der Waals surface area (Å²) < 4.78 is 5.38. The van der Waals surface area contributed by atoms with Gasteiger partial charge in [-0.2, -0.15) is 0 Å². The monoisotopic (exact) mass is 302 g/mol. The largest absolute Gasteiger partial charge is 0.482 e. The van der Waals surface area contributed by atoms with Gasteiger partial charge in [-0.05, 0) is 31.0 Å². The third-order valence-electron chi connectivity index (χ3n) is 4.50. The van der Waals surface area contributed by atoms with Crippen molar-refractivity contribution in [1.82, 2.24) is 5.32 Å². The Labute approximate surface area is 130 Å². The summed E-state index contributed by atoms with van der Waals surface area (Å²) in [6.45, 7) is 0.0527. The molecular formula is C17H22N2O3. The topological polar surface area (TPSA) is 58.6 Å². The fraction of sp³-hybridized carbons (Fsp3) is 0.529. The van der Waals surface area contributed by atoms with Crippen molar-refractivity contribution in [1.29, 1.82) is 0 Å². The molecule has 1 fully saturated rings. The molecule has 0 bridgehead atoms. The van der Waals surface area contributed by atoms with Gasteiger partial charge in [-0.15, -0.1) is 0 Å². The number of amides is 2. The summed E-state index contributed by atoms with van der Waals surface area (Å²) in [6.07, 6.45) is 6.99. The summed E-state index contributed by atoms with van der Waals surface area (Å²) in [4.78, 5) is 25.7. The van der Waals surface area contributed by atoms with E-state index in [2.05, 4.69) is 5.32 Å². The van der Waals surface area contributed by atoms with Crippen molar-refractivity contribution < 1.29 is 14.3 Å². The van der Waals surface area contributed by atoms with E-state index in [0.29, 0.717) is 17.0 Å². The predicted molar refractivity (Wildman–Crippen MR) is 84.3 cm³/mol. The number of nitrogens with one attached hydrogen (secondary N) is 1. The smallest absolute Gasteiger partial charge is 0.264 e. The van der Waals surface area contributed by atoms with Gasteiger partial charge in [0.2, 0.25) is 0 Å². The fourth-order valence-corrected chi connectivity index (χ4v) is 3.11.